The molecule has 3 heterocycles. The molecule has 5 aromatic rings. The minimum Gasteiger partial charge on any atom is -0.256 e. The highest BCUT2D eigenvalue weighted by molar-refractivity contribution is 7.26. The van der Waals surface area contributed by atoms with Gasteiger partial charge in [-0.2, -0.15) is 4.39 Å². The molecule has 0 spiro atoms. The van der Waals surface area contributed by atoms with Crippen molar-refractivity contribution in [2.75, 3.05) is 0 Å². The zero-order valence-electron chi connectivity index (χ0n) is 17.1. The summed E-state index contributed by atoms with van der Waals surface area (Å²) in [5.41, 5.74) is 3.02. The maximum atomic E-state index is 13.6. The Morgan fingerprint density at radius 3 is 2.67 bits per heavy atom. The van der Waals surface area contributed by atoms with E-state index in [0.717, 1.165) is 26.6 Å². The standard InChI is InChI=1S/C23H15FN2S/c1-14-12-20(25-13-19(14)15-6-3-2-4-7-15)18-9-5-8-16-17-10-11-21(24)26-23(17)27-22(16)18/h2-13H,1H3/i1D3. The molecule has 4 heteroatoms. The Hall–Kier alpha value is -3.11. The van der Waals surface area contributed by atoms with E-state index in [9.17, 15) is 4.39 Å². The quantitative estimate of drug-likeness (QED) is 0.325. The Morgan fingerprint density at radius 1 is 0.926 bits per heavy atom. The molecule has 0 aliphatic heterocycles. The summed E-state index contributed by atoms with van der Waals surface area (Å²) >= 11 is 1.38. The van der Waals surface area contributed by atoms with Gasteiger partial charge in [0.2, 0.25) is 5.95 Å². The van der Waals surface area contributed by atoms with E-state index in [4.69, 9.17) is 4.11 Å². The van der Waals surface area contributed by atoms with Gasteiger partial charge in [0.15, 0.2) is 0 Å². The van der Waals surface area contributed by atoms with E-state index in [1.807, 2.05) is 48.5 Å². The van der Waals surface area contributed by atoms with E-state index in [0.29, 0.717) is 16.1 Å². The molecule has 2 nitrogen and oxygen atoms in total. The lowest BCUT2D eigenvalue weighted by Crippen LogP contribution is -1.89. The van der Waals surface area contributed by atoms with Gasteiger partial charge in [0.25, 0.3) is 0 Å². The molecule has 2 aromatic carbocycles. The Kier molecular flexibility index (Phi) is 3.04. The monoisotopic (exact) mass is 373 g/mol. The number of rotatable bonds is 2. The molecule has 0 saturated heterocycles. The molecule has 0 radical (unpaired) electrons. The summed E-state index contributed by atoms with van der Waals surface area (Å²) in [7, 11) is 0. The number of hydrogen-bond acceptors (Lipinski definition) is 3. The van der Waals surface area contributed by atoms with E-state index in [1.165, 1.54) is 17.4 Å². The molecular weight excluding hydrogens is 355 g/mol. The maximum absolute atomic E-state index is 13.6. The predicted molar refractivity (Wildman–Crippen MR) is 110 cm³/mol. The van der Waals surface area contributed by atoms with Crippen LogP contribution < -0.4 is 0 Å². The van der Waals surface area contributed by atoms with Crippen LogP contribution in [0, 0.1) is 12.8 Å². The van der Waals surface area contributed by atoms with E-state index in [1.54, 1.807) is 18.3 Å². The zero-order valence-corrected chi connectivity index (χ0v) is 14.9. The second-order valence-electron chi connectivity index (χ2n) is 6.25. The number of aromatic nitrogens is 2. The minimum absolute atomic E-state index is 0.251. The summed E-state index contributed by atoms with van der Waals surface area (Å²) in [6, 6.07) is 19.9. The average molecular weight is 373 g/mol. The van der Waals surface area contributed by atoms with Crippen LogP contribution in [0.15, 0.2) is 72.9 Å². The van der Waals surface area contributed by atoms with E-state index >= 15 is 0 Å². The first-order valence-corrected chi connectivity index (χ1v) is 9.27. The molecule has 0 atom stereocenters. The van der Waals surface area contributed by atoms with Crippen molar-refractivity contribution >= 4 is 31.6 Å². The molecule has 27 heavy (non-hydrogen) atoms. The summed E-state index contributed by atoms with van der Waals surface area (Å²) in [6.45, 7) is -2.29. The molecule has 0 saturated carbocycles. The number of hydrogen-bond donors (Lipinski definition) is 0. The summed E-state index contributed by atoms with van der Waals surface area (Å²) in [5, 5.41) is 1.82. The van der Waals surface area contributed by atoms with Crippen LogP contribution in [0.25, 0.3) is 42.7 Å². The number of benzene rings is 2. The van der Waals surface area contributed by atoms with Crippen molar-refractivity contribution in [3.05, 3.63) is 84.4 Å². The molecule has 0 fully saturated rings. The van der Waals surface area contributed by atoms with Crippen molar-refractivity contribution in [2.24, 2.45) is 0 Å². The molecule has 0 unspecified atom stereocenters. The van der Waals surface area contributed by atoms with Gasteiger partial charge in [0, 0.05) is 36.9 Å². The fraction of sp³-hybridized carbons (Fsp3) is 0.0435. The van der Waals surface area contributed by atoms with Gasteiger partial charge in [-0.05, 0) is 36.2 Å². The average Bonchev–Trinajstić information content (AvgIpc) is 3.11. The van der Waals surface area contributed by atoms with E-state index < -0.39 is 12.8 Å². The third kappa shape index (κ3) is 2.69. The van der Waals surface area contributed by atoms with Crippen LogP contribution in [0.1, 0.15) is 9.68 Å². The van der Waals surface area contributed by atoms with Gasteiger partial charge in [-0.1, -0.05) is 48.5 Å². The minimum atomic E-state index is -2.29. The highest BCUT2D eigenvalue weighted by atomic mass is 32.1. The third-order valence-electron chi connectivity index (χ3n) is 4.59. The fourth-order valence-corrected chi connectivity index (χ4v) is 4.49. The van der Waals surface area contributed by atoms with Crippen molar-refractivity contribution in [3.63, 3.8) is 0 Å². The smallest absolute Gasteiger partial charge is 0.214 e. The van der Waals surface area contributed by atoms with Gasteiger partial charge < -0.3 is 0 Å². The fourth-order valence-electron chi connectivity index (χ4n) is 3.31. The maximum Gasteiger partial charge on any atom is 0.214 e. The van der Waals surface area contributed by atoms with Gasteiger partial charge in [-0.15, -0.1) is 11.3 Å². The van der Waals surface area contributed by atoms with Crippen LogP contribution >= 0.6 is 11.3 Å². The molecule has 0 amide bonds. The van der Waals surface area contributed by atoms with Crippen molar-refractivity contribution in [3.8, 4) is 22.4 Å². The van der Waals surface area contributed by atoms with Crippen LogP contribution in [0.3, 0.4) is 0 Å². The van der Waals surface area contributed by atoms with Crippen LogP contribution in [-0.4, -0.2) is 9.97 Å². The predicted octanol–water partition coefficient (Wildman–Crippen LogP) is 6.63. The van der Waals surface area contributed by atoms with Crippen molar-refractivity contribution < 1.29 is 8.50 Å². The SMILES string of the molecule is [2H]C([2H])([2H])c1cc(-c2cccc3c2sc2nc(F)ccc23)ncc1-c1ccccc1. The van der Waals surface area contributed by atoms with Crippen LogP contribution in [0.5, 0.6) is 0 Å². The molecule has 0 N–H and O–H groups in total. The first-order valence-electron chi connectivity index (χ1n) is 9.96. The molecule has 0 bridgehead atoms. The number of nitrogens with zero attached hydrogens (tertiary/aromatic N) is 2. The summed E-state index contributed by atoms with van der Waals surface area (Å²) in [4.78, 5) is 9.21. The van der Waals surface area contributed by atoms with Crippen molar-refractivity contribution in [2.45, 2.75) is 6.85 Å². The lowest BCUT2D eigenvalue weighted by Gasteiger charge is -2.09. The van der Waals surface area contributed by atoms with Gasteiger partial charge >= 0.3 is 0 Å². The van der Waals surface area contributed by atoms with Crippen LogP contribution in [0.4, 0.5) is 4.39 Å². The Balaban J connectivity index is 1.75. The normalized spacial score (nSPS) is 13.4. The summed E-state index contributed by atoms with van der Waals surface area (Å²) in [6.07, 6.45) is 1.62. The number of aryl methyl sites for hydroxylation is 1. The molecule has 0 aliphatic carbocycles. The first kappa shape index (κ1) is 13.1. The molecular formula is C23H15FN2S. The molecule has 5 rings (SSSR count). The second kappa shape index (κ2) is 6.25. The second-order valence-corrected chi connectivity index (χ2v) is 7.25. The highest BCUT2D eigenvalue weighted by Gasteiger charge is 2.13. The number of pyridine rings is 2. The van der Waals surface area contributed by atoms with Gasteiger partial charge in [0.1, 0.15) is 4.83 Å². The van der Waals surface area contributed by atoms with E-state index in [2.05, 4.69) is 9.97 Å². The molecule has 130 valence electrons. The lowest BCUT2D eigenvalue weighted by atomic mass is 10.00. The summed E-state index contributed by atoms with van der Waals surface area (Å²) < 4.78 is 38.7. The number of fused-ring (bicyclic) bond motifs is 3. The van der Waals surface area contributed by atoms with Crippen molar-refractivity contribution in [1.29, 1.82) is 0 Å². The highest BCUT2D eigenvalue weighted by Crippen LogP contribution is 2.39. The van der Waals surface area contributed by atoms with Gasteiger partial charge in [-0.3, -0.25) is 4.98 Å². The third-order valence-corrected chi connectivity index (χ3v) is 5.74. The molecule has 0 aliphatic rings. The number of thiophene rings is 1. The zero-order chi connectivity index (χ0) is 20.9. The Morgan fingerprint density at radius 2 is 1.81 bits per heavy atom. The molecule has 3 aromatic heterocycles. The first-order chi connectivity index (χ1) is 14.4. The van der Waals surface area contributed by atoms with Gasteiger partial charge in [-0.25, -0.2) is 4.98 Å². The van der Waals surface area contributed by atoms with Crippen molar-refractivity contribution in [1.82, 2.24) is 9.97 Å². The Labute approximate surface area is 164 Å². The topological polar surface area (TPSA) is 25.8 Å². The number of halogens is 1. The lowest BCUT2D eigenvalue weighted by molar-refractivity contribution is 0.590. The van der Waals surface area contributed by atoms with Crippen LogP contribution in [-0.2, 0) is 0 Å². The summed E-state index contributed by atoms with van der Waals surface area (Å²) in [5.74, 6) is -0.523. The van der Waals surface area contributed by atoms with Crippen LogP contribution in [0.2, 0.25) is 0 Å². The Bertz CT molecular complexity index is 1390. The van der Waals surface area contributed by atoms with Gasteiger partial charge in [0.05, 0.1) is 5.69 Å². The van der Waals surface area contributed by atoms with E-state index in [-0.39, 0.29) is 5.56 Å². The largest absolute Gasteiger partial charge is 0.256 e.